The van der Waals surface area contributed by atoms with Crippen LogP contribution in [0.4, 0.5) is 0 Å². The SMILES string of the molecule is CCCCO.CCCCO.CCCCO.[Nd]. The molecule has 0 unspecified atom stereocenters. The zero-order valence-corrected chi connectivity index (χ0v) is 14.4. The van der Waals surface area contributed by atoms with E-state index in [9.17, 15) is 0 Å². The molecule has 0 spiro atoms. The van der Waals surface area contributed by atoms with Crippen molar-refractivity contribution in [2.24, 2.45) is 0 Å². The summed E-state index contributed by atoms with van der Waals surface area (Å²) in [6.07, 6.45) is 6.11. The molecule has 0 heterocycles. The summed E-state index contributed by atoms with van der Waals surface area (Å²) in [5.41, 5.74) is 0. The van der Waals surface area contributed by atoms with Gasteiger partial charge in [0, 0.05) is 60.7 Å². The number of hydrogen-bond acceptors (Lipinski definition) is 3. The van der Waals surface area contributed by atoms with Crippen molar-refractivity contribution in [1.29, 1.82) is 0 Å². The first-order chi connectivity index (χ1) is 7.24. The van der Waals surface area contributed by atoms with Crippen molar-refractivity contribution in [3.63, 3.8) is 0 Å². The molecule has 0 saturated heterocycles. The Labute approximate surface area is 134 Å². The van der Waals surface area contributed by atoms with Crippen molar-refractivity contribution >= 4 is 0 Å². The number of rotatable bonds is 6. The molecule has 0 aromatic heterocycles. The maximum absolute atomic E-state index is 8.07. The largest absolute Gasteiger partial charge is 0.396 e. The number of aliphatic hydroxyl groups excluding tert-OH is 3. The minimum atomic E-state index is 0. The van der Waals surface area contributed by atoms with Crippen LogP contribution in [0.1, 0.15) is 59.3 Å². The second kappa shape index (κ2) is 36.0. The van der Waals surface area contributed by atoms with Gasteiger partial charge in [-0.1, -0.05) is 40.0 Å². The molecule has 0 aromatic rings. The fraction of sp³-hybridized carbons (Fsp3) is 1.00. The second-order valence-electron chi connectivity index (χ2n) is 3.23. The molecule has 0 aliphatic heterocycles. The average Bonchev–Trinajstić information content (AvgIpc) is 2.23. The van der Waals surface area contributed by atoms with Crippen LogP contribution in [-0.2, 0) is 0 Å². The molecule has 16 heavy (non-hydrogen) atoms. The number of aliphatic hydroxyl groups is 3. The molecule has 4 heteroatoms. The van der Waals surface area contributed by atoms with Gasteiger partial charge < -0.3 is 15.3 Å². The first kappa shape index (κ1) is 25.9. The van der Waals surface area contributed by atoms with Crippen LogP contribution in [0.15, 0.2) is 0 Å². The van der Waals surface area contributed by atoms with Crippen LogP contribution >= 0.6 is 0 Å². The van der Waals surface area contributed by atoms with Crippen molar-refractivity contribution in [3.8, 4) is 0 Å². The Hall–Kier alpha value is 1.23. The fourth-order valence-corrected chi connectivity index (χ4v) is 0.474. The Bertz CT molecular complexity index is 53.0. The van der Waals surface area contributed by atoms with E-state index in [0.717, 1.165) is 38.5 Å². The maximum Gasteiger partial charge on any atom is 0.0430 e. The van der Waals surface area contributed by atoms with Gasteiger partial charge in [-0.3, -0.25) is 0 Å². The summed E-state index contributed by atoms with van der Waals surface area (Å²) in [7, 11) is 0. The van der Waals surface area contributed by atoms with E-state index in [1.54, 1.807) is 0 Å². The van der Waals surface area contributed by atoms with E-state index in [0.29, 0.717) is 19.8 Å². The minimum Gasteiger partial charge on any atom is -0.396 e. The number of unbranched alkanes of at least 4 members (excludes halogenated alkanes) is 3. The van der Waals surface area contributed by atoms with Gasteiger partial charge >= 0.3 is 0 Å². The topological polar surface area (TPSA) is 60.7 Å². The molecule has 0 radical (unpaired) electrons. The van der Waals surface area contributed by atoms with Crippen LogP contribution < -0.4 is 0 Å². The van der Waals surface area contributed by atoms with Gasteiger partial charge in [0.2, 0.25) is 0 Å². The van der Waals surface area contributed by atoms with E-state index in [-0.39, 0.29) is 40.8 Å². The molecule has 0 aliphatic rings. The molecule has 0 amide bonds. The first-order valence-corrected chi connectivity index (χ1v) is 6.07. The Morgan fingerprint density at radius 1 is 0.562 bits per heavy atom. The summed E-state index contributed by atoms with van der Waals surface area (Å²) in [5.74, 6) is 0. The average molecular weight is 367 g/mol. The van der Waals surface area contributed by atoms with Gasteiger partial charge in [-0.05, 0) is 19.3 Å². The summed E-state index contributed by atoms with van der Waals surface area (Å²) >= 11 is 0. The summed E-state index contributed by atoms with van der Waals surface area (Å²) in [4.78, 5) is 0. The summed E-state index contributed by atoms with van der Waals surface area (Å²) in [6.45, 7) is 7.19. The van der Waals surface area contributed by atoms with E-state index < -0.39 is 0 Å². The summed E-state index contributed by atoms with van der Waals surface area (Å²) < 4.78 is 0. The van der Waals surface area contributed by atoms with Crippen LogP contribution in [0.2, 0.25) is 0 Å². The molecule has 0 atom stereocenters. The molecule has 0 fully saturated rings. The van der Waals surface area contributed by atoms with E-state index in [1.807, 2.05) is 0 Å². The minimum absolute atomic E-state index is 0. The van der Waals surface area contributed by atoms with Crippen LogP contribution in [-0.4, -0.2) is 35.1 Å². The Kier molecular flexibility index (Phi) is 58.3. The predicted octanol–water partition coefficient (Wildman–Crippen LogP) is 2.34. The van der Waals surface area contributed by atoms with Crippen LogP contribution in [0.3, 0.4) is 0 Å². The van der Waals surface area contributed by atoms with Gasteiger partial charge in [0.15, 0.2) is 0 Å². The third kappa shape index (κ3) is 59.0. The van der Waals surface area contributed by atoms with Crippen molar-refractivity contribution in [2.75, 3.05) is 19.8 Å². The van der Waals surface area contributed by atoms with E-state index >= 15 is 0 Å². The summed E-state index contributed by atoms with van der Waals surface area (Å²) in [5, 5.41) is 24.2. The van der Waals surface area contributed by atoms with Crippen LogP contribution in [0.5, 0.6) is 0 Å². The first-order valence-electron chi connectivity index (χ1n) is 6.07. The van der Waals surface area contributed by atoms with Crippen molar-refractivity contribution in [1.82, 2.24) is 0 Å². The molecule has 0 saturated carbocycles. The third-order valence-electron chi connectivity index (χ3n) is 1.54. The zero-order chi connectivity index (χ0) is 12.4. The van der Waals surface area contributed by atoms with Gasteiger partial charge in [-0.2, -0.15) is 0 Å². The smallest absolute Gasteiger partial charge is 0.0430 e. The van der Waals surface area contributed by atoms with Crippen LogP contribution in [0, 0.1) is 40.8 Å². The molecule has 0 rings (SSSR count). The quantitative estimate of drug-likeness (QED) is 0.676. The van der Waals surface area contributed by atoms with E-state index in [4.69, 9.17) is 15.3 Å². The molecule has 0 aromatic carbocycles. The maximum atomic E-state index is 8.07. The monoisotopic (exact) mass is 364 g/mol. The molecule has 100 valence electrons. The van der Waals surface area contributed by atoms with Gasteiger partial charge in [0.25, 0.3) is 0 Å². The number of hydrogen-bond donors (Lipinski definition) is 3. The second-order valence-corrected chi connectivity index (χ2v) is 3.23. The molecule has 3 N–H and O–H groups in total. The predicted molar refractivity (Wildman–Crippen MR) is 66.0 cm³/mol. The Balaban J connectivity index is -0.0000000655. The summed E-state index contributed by atoms with van der Waals surface area (Å²) in [6, 6.07) is 0. The van der Waals surface area contributed by atoms with Gasteiger partial charge in [-0.25, -0.2) is 0 Å². The van der Waals surface area contributed by atoms with Gasteiger partial charge in [0.05, 0.1) is 0 Å². The normalized spacial score (nSPS) is 7.88. The van der Waals surface area contributed by atoms with Gasteiger partial charge in [-0.15, -0.1) is 0 Å². The zero-order valence-electron chi connectivity index (χ0n) is 11.2. The molecule has 0 bridgehead atoms. The van der Waals surface area contributed by atoms with Crippen molar-refractivity contribution < 1.29 is 56.2 Å². The van der Waals surface area contributed by atoms with Crippen LogP contribution in [0.25, 0.3) is 0 Å². The fourth-order valence-electron chi connectivity index (χ4n) is 0.474. The Morgan fingerprint density at radius 3 is 0.750 bits per heavy atom. The van der Waals surface area contributed by atoms with Crippen molar-refractivity contribution in [3.05, 3.63) is 0 Å². The van der Waals surface area contributed by atoms with Gasteiger partial charge in [0.1, 0.15) is 0 Å². The Morgan fingerprint density at radius 2 is 0.750 bits per heavy atom. The third-order valence-corrected chi connectivity index (χ3v) is 1.54. The standard InChI is InChI=1S/3C4H10O.Nd/c3*1-2-3-4-5;/h3*5H,2-4H2,1H3;. The molecular formula is C12H30NdO3. The molecule has 3 nitrogen and oxygen atoms in total. The van der Waals surface area contributed by atoms with E-state index in [2.05, 4.69) is 20.8 Å². The molecular weight excluding hydrogens is 336 g/mol. The molecule has 0 aliphatic carbocycles. The van der Waals surface area contributed by atoms with Crippen molar-refractivity contribution in [2.45, 2.75) is 59.3 Å². The van der Waals surface area contributed by atoms with E-state index in [1.165, 1.54) is 0 Å².